The first-order chi connectivity index (χ1) is 14.4. The zero-order valence-corrected chi connectivity index (χ0v) is 16.5. The van der Waals surface area contributed by atoms with Crippen LogP contribution in [0.25, 0.3) is 0 Å². The number of carbonyl (C=O) groups is 2. The Balaban J connectivity index is 1.38. The summed E-state index contributed by atoms with van der Waals surface area (Å²) in [6.45, 7) is 0.775. The van der Waals surface area contributed by atoms with Crippen molar-refractivity contribution in [1.82, 2.24) is 10.2 Å². The number of hydrogen-bond acceptors (Lipinski definition) is 3. The molecule has 2 aromatic rings. The van der Waals surface area contributed by atoms with E-state index in [-0.39, 0.29) is 18.2 Å². The number of benzene rings is 2. The molecule has 0 bridgehead atoms. The van der Waals surface area contributed by atoms with E-state index < -0.39 is 29.2 Å². The lowest BCUT2D eigenvalue weighted by Gasteiger charge is -2.46. The maximum absolute atomic E-state index is 13.4. The van der Waals surface area contributed by atoms with Crippen molar-refractivity contribution in [2.24, 2.45) is 5.41 Å². The molecule has 0 radical (unpaired) electrons. The highest BCUT2D eigenvalue weighted by Gasteiger charge is 2.49. The Hall–Kier alpha value is -2.80. The molecule has 7 heteroatoms. The molecule has 0 aliphatic carbocycles. The molecular formula is C23H24F2N2O3. The minimum atomic E-state index is -0.973. The first-order valence-electron chi connectivity index (χ1n) is 10.1. The largest absolute Gasteiger partial charge is 0.391 e. The van der Waals surface area contributed by atoms with Crippen molar-refractivity contribution in [3.05, 3.63) is 71.3 Å². The van der Waals surface area contributed by atoms with Gasteiger partial charge >= 0.3 is 0 Å². The van der Waals surface area contributed by atoms with E-state index in [1.165, 1.54) is 6.07 Å². The number of amides is 2. The monoisotopic (exact) mass is 414 g/mol. The number of aliphatic hydroxyl groups excluding tert-OH is 1. The van der Waals surface area contributed by atoms with Crippen LogP contribution in [-0.4, -0.2) is 41.0 Å². The Morgan fingerprint density at radius 3 is 2.47 bits per heavy atom. The molecule has 2 aliphatic rings. The number of rotatable bonds is 3. The standard InChI is InChI=1S/C23H24F2N2O3/c24-17-7-6-15(12-18(17)25)13-20(29)27-10-8-23(9-11-27)14-19(28)21(26-22(23)30)16-4-2-1-3-5-16/h1-7,12,19,21,28H,8-11,13-14H2,(H,26,30)/t19-,21+/m1/s1. The van der Waals surface area contributed by atoms with Gasteiger partial charge in [-0.3, -0.25) is 9.59 Å². The molecule has 30 heavy (non-hydrogen) atoms. The highest BCUT2D eigenvalue weighted by Crippen LogP contribution is 2.42. The summed E-state index contributed by atoms with van der Waals surface area (Å²) in [7, 11) is 0. The van der Waals surface area contributed by atoms with Gasteiger partial charge < -0.3 is 15.3 Å². The average Bonchev–Trinajstić information content (AvgIpc) is 2.74. The number of nitrogens with one attached hydrogen (secondary N) is 1. The van der Waals surface area contributed by atoms with E-state index in [4.69, 9.17) is 0 Å². The maximum Gasteiger partial charge on any atom is 0.227 e. The second-order valence-corrected chi connectivity index (χ2v) is 8.22. The van der Waals surface area contributed by atoms with Crippen LogP contribution in [0.1, 0.15) is 36.4 Å². The molecule has 2 atom stereocenters. The number of aliphatic hydroxyl groups is 1. The lowest BCUT2D eigenvalue weighted by molar-refractivity contribution is -0.148. The second kappa shape index (κ2) is 8.14. The summed E-state index contributed by atoms with van der Waals surface area (Å²) in [4.78, 5) is 27.2. The van der Waals surface area contributed by atoms with Crippen LogP contribution in [0, 0.1) is 17.0 Å². The second-order valence-electron chi connectivity index (χ2n) is 8.22. The number of nitrogens with zero attached hydrogens (tertiary/aromatic N) is 1. The van der Waals surface area contributed by atoms with Crippen molar-refractivity contribution in [3.63, 3.8) is 0 Å². The van der Waals surface area contributed by atoms with Crippen LogP contribution in [0.15, 0.2) is 48.5 Å². The molecule has 4 rings (SSSR count). The van der Waals surface area contributed by atoms with E-state index in [1.54, 1.807) is 4.90 Å². The molecule has 5 nitrogen and oxygen atoms in total. The van der Waals surface area contributed by atoms with Crippen LogP contribution in [0.5, 0.6) is 0 Å². The third-order valence-electron chi connectivity index (χ3n) is 6.32. The molecule has 0 saturated carbocycles. The molecule has 0 unspecified atom stereocenters. The van der Waals surface area contributed by atoms with E-state index in [0.717, 1.165) is 17.7 Å². The molecule has 0 aromatic heterocycles. The summed E-state index contributed by atoms with van der Waals surface area (Å²) in [5.74, 6) is -2.19. The van der Waals surface area contributed by atoms with Crippen LogP contribution in [0.4, 0.5) is 8.78 Å². The quantitative estimate of drug-likeness (QED) is 0.812. The predicted molar refractivity (Wildman–Crippen MR) is 106 cm³/mol. The maximum atomic E-state index is 13.4. The van der Waals surface area contributed by atoms with E-state index >= 15 is 0 Å². The summed E-state index contributed by atoms with van der Waals surface area (Å²) in [5, 5.41) is 13.7. The molecule has 1 spiro atoms. The fourth-order valence-corrected chi connectivity index (χ4v) is 4.52. The van der Waals surface area contributed by atoms with E-state index in [9.17, 15) is 23.5 Å². The first kappa shape index (κ1) is 20.5. The van der Waals surface area contributed by atoms with Crippen molar-refractivity contribution in [1.29, 1.82) is 0 Å². The lowest BCUT2D eigenvalue weighted by Crippen LogP contribution is -2.57. The third kappa shape index (κ3) is 3.94. The highest BCUT2D eigenvalue weighted by molar-refractivity contribution is 5.85. The number of likely N-dealkylation sites (tertiary alicyclic amines) is 1. The number of hydrogen-bond donors (Lipinski definition) is 2. The van der Waals surface area contributed by atoms with Gasteiger partial charge in [-0.2, -0.15) is 0 Å². The fourth-order valence-electron chi connectivity index (χ4n) is 4.52. The molecule has 2 aromatic carbocycles. The summed E-state index contributed by atoms with van der Waals surface area (Å²) in [5.41, 5.74) is 0.590. The lowest BCUT2D eigenvalue weighted by atomic mass is 9.69. The fraction of sp³-hybridized carbons (Fsp3) is 0.391. The van der Waals surface area contributed by atoms with Gasteiger partial charge in [-0.05, 0) is 42.5 Å². The Kier molecular flexibility index (Phi) is 5.56. The van der Waals surface area contributed by atoms with Gasteiger partial charge in [-0.15, -0.1) is 0 Å². The smallest absolute Gasteiger partial charge is 0.227 e. The zero-order valence-electron chi connectivity index (χ0n) is 16.5. The molecule has 158 valence electrons. The van der Waals surface area contributed by atoms with Gasteiger partial charge in [0.15, 0.2) is 11.6 Å². The van der Waals surface area contributed by atoms with Crippen LogP contribution in [0.3, 0.4) is 0 Å². The van der Waals surface area contributed by atoms with Gasteiger partial charge in [0.1, 0.15) is 0 Å². The Morgan fingerprint density at radius 2 is 1.80 bits per heavy atom. The summed E-state index contributed by atoms with van der Waals surface area (Å²) < 4.78 is 26.4. The van der Waals surface area contributed by atoms with E-state index in [2.05, 4.69) is 5.32 Å². The predicted octanol–water partition coefficient (Wildman–Crippen LogP) is 2.74. The van der Waals surface area contributed by atoms with Gasteiger partial charge in [0.25, 0.3) is 0 Å². The first-order valence-corrected chi connectivity index (χ1v) is 10.1. The van der Waals surface area contributed by atoms with Crippen molar-refractivity contribution >= 4 is 11.8 Å². The van der Waals surface area contributed by atoms with Crippen LogP contribution < -0.4 is 5.32 Å². The zero-order chi connectivity index (χ0) is 21.3. The van der Waals surface area contributed by atoms with Crippen molar-refractivity contribution in [2.45, 2.75) is 37.8 Å². The van der Waals surface area contributed by atoms with Crippen molar-refractivity contribution < 1.29 is 23.5 Å². The molecule has 2 saturated heterocycles. The Morgan fingerprint density at radius 1 is 1.10 bits per heavy atom. The normalized spacial score (nSPS) is 23.3. The van der Waals surface area contributed by atoms with Gasteiger partial charge in [-0.1, -0.05) is 36.4 Å². The van der Waals surface area contributed by atoms with Crippen LogP contribution in [-0.2, 0) is 16.0 Å². The minimum Gasteiger partial charge on any atom is -0.391 e. The molecule has 2 heterocycles. The molecule has 2 aliphatic heterocycles. The van der Waals surface area contributed by atoms with Crippen molar-refractivity contribution in [2.75, 3.05) is 13.1 Å². The summed E-state index contributed by atoms with van der Waals surface area (Å²) in [6.07, 6.45) is 0.551. The summed E-state index contributed by atoms with van der Waals surface area (Å²) in [6, 6.07) is 12.4. The third-order valence-corrected chi connectivity index (χ3v) is 6.32. The average molecular weight is 414 g/mol. The minimum absolute atomic E-state index is 0.0187. The molecule has 2 amide bonds. The molecular weight excluding hydrogens is 390 g/mol. The van der Waals surface area contributed by atoms with Gasteiger partial charge in [-0.25, -0.2) is 8.78 Å². The highest BCUT2D eigenvalue weighted by atomic mass is 19.2. The van der Waals surface area contributed by atoms with Crippen molar-refractivity contribution in [3.8, 4) is 0 Å². The topological polar surface area (TPSA) is 69.6 Å². The van der Waals surface area contributed by atoms with Gasteiger partial charge in [0.05, 0.1) is 24.0 Å². The number of carbonyl (C=O) groups excluding carboxylic acids is 2. The van der Waals surface area contributed by atoms with Crippen LogP contribution >= 0.6 is 0 Å². The molecule has 2 fully saturated rings. The van der Waals surface area contributed by atoms with Crippen LogP contribution in [0.2, 0.25) is 0 Å². The Bertz CT molecular complexity index is 943. The van der Waals surface area contributed by atoms with E-state index in [1.807, 2.05) is 30.3 Å². The number of halogens is 2. The van der Waals surface area contributed by atoms with Gasteiger partial charge in [0, 0.05) is 13.1 Å². The summed E-state index contributed by atoms with van der Waals surface area (Å²) >= 11 is 0. The van der Waals surface area contributed by atoms with E-state index in [0.29, 0.717) is 37.9 Å². The SMILES string of the molecule is O=C(Cc1ccc(F)c(F)c1)N1CCC2(CC1)C[C@@H](O)[C@H](c1ccccc1)NC2=O. The Labute approximate surface area is 173 Å². The van der Waals surface area contributed by atoms with Gasteiger partial charge in [0.2, 0.25) is 11.8 Å². The number of piperidine rings is 2. The molecule has 2 N–H and O–H groups in total.